The van der Waals surface area contributed by atoms with Crippen LogP contribution in [0.25, 0.3) is 22.1 Å². The molecule has 0 atom stereocenters. The van der Waals surface area contributed by atoms with Gasteiger partial charge in [0, 0.05) is 30.5 Å². The highest BCUT2D eigenvalue weighted by Gasteiger charge is 2.18. The Morgan fingerprint density at radius 2 is 1.86 bits per heavy atom. The Kier molecular flexibility index (Phi) is 7.51. The largest absolute Gasteiger partial charge is 0.492 e. The van der Waals surface area contributed by atoms with Crippen LogP contribution in [0.4, 0.5) is 0 Å². The molecule has 1 N–H and O–H groups in total. The van der Waals surface area contributed by atoms with Gasteiger partial charge in [-0.05, 0) is 68.2 Å². The third kappa shape index (κ3) is 6.15. The lowest BCUT2D eigenvalue weighted by Gasteiger charge is -2.32. The smallest absolute Gasteiger partial charge is 0.339 e. The first kappa shape index (κ1) is 23.3. The minimum Gasteiger partial charge on any atom is -0.492 e. The average Bonchev–Trinajstić information content (AvgIpc) is 2.90. The maximum atomic E-state index is 12.1. The van der Waals surface area contributed by atoms with Crippen molar-refractivity contribution in [2.24, 2.45) is 0 Å². The third-order valence-electron chi connectivity index (χ3n) is 6.55. The normalized spacial score (nSPS) is 14.9. The average molecular weight is 470 g/mol. The number of rotatable bonds is 9. The summed E-state index contributed by atoms with van der Waals surface area (Å²) in [5, 5.41) is 4.48. The van der Waals surface area contributed by atoms with Crippen LogP contribution >= 0.6 is 0 Å². The van der Waals surface area contributed by atoms with Crippen molar-refractivity contribution < 1.29 is 9.15 Å². The quantitative estimate of drug-likeness (QED) is 0.278. The molecule has 0 saturated carbocycles. The molecule has 35 heavy (non-hydrogen) atoms. The highest BCUT2D eigenvalue weighted by molar-refractivity contribution is 5.87. The number of fused-ring (bicyclic) bond motifs is 1. The maximum Gasteiger partial charge on any atom is 0.339 e. The Bertz CT molecular complexity index is 1280. The van der Waals surface area contributed by atoms with Crippen molar-refractivity contribution >= 4 is 11.0 Å². The Morgan fingerprint density at radius 3 is 2.66 bits per heavy atom. The number of hydrogen-bond donors (Lipinski definition) is 1. The molecular formula is C29H31N3O3. The van der Waals surface area contributed by atoms with Gasteiger partial charge in [-0.15, -0.1) is 0 Å². The van der Waals surface area contributed by atoms with E-state index in [0.29, 0.717) is 24.0 Å². The highest BCUT2D eigenvalue weighted by Crippen LogP contribution is 2.28. The molecule has 6 nitrogen and oxygen atoms in total. The number of aromatic nitrogens is 1. The monoisotopic (exact) mass is 469 g/mol. The van der Waals surface area contributed by atoms with E-state index in [9.17, 15) is 4.79 Å². The second-order valence-electron chi connectivity index (χ2n) is 9.07. The molecule has 5 rings (SSSR count). The minimum absolute atomic E-state index is 0.406. The lowest BCUT2D eigenvalue weighted by Crippen LogP contribution is -2.42. The van der Waals surface area contributed by atoms with Gasteiger partial charge in [-0.25, -0.2) is 4.79 Å². The number of nitrogens with one attached hydrogen (secondary N) is 1. The van der Waals surface area contributed by atoms with Crippen LogP contribution in [-0.2, 0) is 6.54 Å². The topological polar surface area (TPSA) is 67.6 Å². The van der Waals surface area contributed by atoms with E-state index in [1.807, 2.05) is 30.3 Å². The van der Waals surface area contributed by atoms with E-state index in [1.54, 1.807) is 12.4 Å². The summed E-state index contributed by atoms with van der Waals surface area (Å²) in [5.74, 6) is 0.572. The van der Waals surface area contributed by atoms with Gasteiger partial charge in [0.2, 0.25) is 0 Å². The zero-order valence-electron chi connectivity index (χ0n) is 19.9. The summed E-state index contributed by atoms with van der Waals surface area (Å²) in [6.45, 7) is 4.71. The molecule has 3 heterocycles. The Balaban J connectivity index is 1.09. The summed E-state index contributed by atoms with van der Waals surface area (Å²) >= 11 is 0. The van der Waals surface area contributed by atoms with Crippen molar-refractivity contribution in [3.8, 4) is 16.9 Å². The molecule has 0 bridgehead atoms. The summed E-state index contributed by atoms with van der Waals surface area (Å²) in [6, 6.07) is 22.3. The van der Waals surface area contributed by atoms with Crippen LogP contribution in [0.15, 0.2) is 88.3 Å². The molecule has 0 aliphatic carbocycles. The van der Waals surface area contributed by atoms with E-state index >= 15 is 0 Å². The van der Waals surface area contributed by atoms with E-state index in [1.165, 1.54) is 11.6 Å². The van der Waals surface area contributed by atoms with Gasteiger partial charge in [0.15, 0.2) is 0 Å². The number of hydrogen-bond acceptors (Lipinski definition) is 6. The molecule has 2 aromatic carbocycles. The fraction of sp³-hybridized carbons (Fsp3) is 0.310. The van der Waals surface area contributed by atoms with Gasteiger partial charge in [-0.3, -0.25) is 9.88 Å². The second kappa shape index (κ2) is 11.3. The van der Waals surface area contributed by atoms with E-state index in [4.69, 9.17) is 9.15 Å². The Hall–Kier alpha value is -3.48. The van der Waals surface area contributed by atoms with E-state index in [0.717, 1.165) is 62.0 Å². The second-order valence-corrected chi connectivity index (χ2v) is 9.07. The molecule has 0 amide bonds. The molecule has 2 aromatic heterocycles. The van der Waals surface area contributed by atoms with Crippen molar-refractivity contribution in [1.29, 1.82) is 0 Å². The predicted molar refractivity (Wildman–Crippen MR) is 139 cm³/mol. The van der Waals surface area contributed by atoms with Gasteiger partial charge in [0.1, 0.15) is 11.3 Å². The fourth-order valence-electron chi connectivity index (χ4n) is 4.66. The van der Waals surface area contributed by atoms with Crippen LogP contribution in [0.1, 0.15) is 24.8 Å². The summed E-state index contributed by atoms with van der Waals surface area (Å²) in [4.78, 5) is 18.8. The third-order valence-corrected chi connectivity index (χ3v) is 6.55. The van der Waals surface area contributed by atoms with Gasteiger partial charge in [0.25, 0.3) is 0 Å². The summed E-state index contributed by atoms with van der Waals surface area (Å²) in [6.07, 6.45) is 6.73. The number of benzene rings is 2. The molecule has 0 unspecified atom stereocenters. The molecule has 0 spiro atoms. The molecule has 4 aromatic rings. The van der Waals surface area contributed by atoms with Crippen molar-refractivity contribution in [1.82, 2.24) is 15.2 Å². The number of ether oxygens (including phenoxy) is 1. The molecular weight excluding hydrogens is 438 g/mol. The van der Waals surface area contributed by atoms with E-state index in [-0.39, 0.29) is 0 Å². The van der Waals surface area contributed by atoms with Crippen LogP contribution in [-0.4, -0.2) is 42.2 Å². The number of pyridine rings is 1. The number of piperidine rings is 1. The lowest BCUT2D eigenvalue weighted by atomic mass is 10.0. The van der Waals surface area contributed by atoms with Crippen molar-refractivity contribution in [3.63, 3.8) is 0 Å². The molecule has 1 aliphatic rings. The van der Waals surface area contributed by atoms with Crippen LogP contribution in [0, 0.1) is 0 Å². The van der Waals surface area contributed by atoms with E-state index in [2.05, 4.69) is 45.5 Å². The van der Waals surface area contributed by atoms with Gasteiger partial charge in [0.05, 0.1) is 18.1 Å². The van der Waals surface area contributed by atoms with Crippen LogP contribution in [0.3, 0.4) is 0 Å². The van der Waals surface area contributed by atoms with Crippen LogP contribution in [0.2, 0.25) is 0 Å². The first-order valence-electron chi connectivity index (χ1n) is 12.4. The van der Waals surface area contributed by atoms with Gasteiger partial charge in [-0.2, -0.15) is 0 Å². The SMILES string of the molecule is O=c1cc(OCCCNC2CCN(Cc3ccccc3)CC2)c2ccc(-c3cccnc3)cc2o1. The first-order chi connectivity index (χ1) is 17.2. The number of nitrogens with zero attached hydrogens (tertiary/aromatic N) is 2. The zero-order chi connectivity index (χ0) is 23.9. The lowest BCUT2D eigenvalue weighted by molar-refractivity contribution is 0.189. The van der Waals surface area contributed by atoms with Crippen LogP contribution in [0.5, 0.6) is 5.75 Å². The summed E-state index contributed by atoms with van der Waals surface area (Å²) in [5.41, 5.74) is 3.42. The molecule has 180 valence electrons. The maximum absolute atomic E-state index is 12.1. The van der Waals surface area contributed by atoms with Crippen molar-refractivity contribution in [2.45, 2.75) is 31.8 Å². The molecule has 0 radical (unpaired) electrons. The predicted octanol–water partition coefficient (Wildman–Crippen LogP) is 4.88. The Labute approximate surface area is 205 Å². The van der Waals surface area contributed by atoms with Gasteiger partial charge >= 0.3 is 5.63 Å². The molecule has 1 saturated heterocycles. The Morgan fingerprint density at radius 1 is 1.00 bits per heavy atom. The first-order valence-corrected chi connectivity index (χ1v) is 12.4. The van der Waals surface area contributed by atoms with Crippen molar-refractivity contribution in [3.05, 3.63) is 95.1 Å². The van der Waals surface area contributed by atoms with E-state index < -0.39 is 5.63 Å². The molecule has 1 fully saturated rings. The zero-order valence-corrected chi connectivity index (χ0v) is 19.9. The fourth-order valence-corrected chi connectivity index (χ4v) is 4.66. The van der Waals surface area contributed by atoms with Crippen LogP contribution < -0.4 is 15.7 Å². The summed E-state index contributed by atoms with van der Waals surface area (Å²) in [7, 11) is 0. The molecule has 6 heteroatoms. The highest BCUT2D eigenvalue weighted by atomic mass is 16.5. The van der Waals surface area contributed by atoms with Gasteiger partial charge < -0.3 is 14.5 Å². The standard InChI is InChI=1S/C29H31N3O3/c33-29-19-27(26-10-9-23(18-28(26)35-29)24-8-4-13-30-20-24)34-17-5-14-31-25-11-15-32(16-12-25)21-22-6-2-1-3-7-22/h1-4,6-10,13,18-20,25,31H,5,11-12,14-17,21H2. The minimum atomic E-state index is -0.406. The summed E-state index contributed by atoms with van der Waals surface area (Å²) < 4.78 is 11.4. The number of likely N-dealkylation sites (tertiary alicyclic amines) is 1. The van der Waals surface area contributed by atoms with Gasteiger partial charge in [-0.1, -0.05) is 42.5 Å². The van der Waals surface area contributed by atoms with Crippen molar-refractivity contribution in [2.75, 3.05) is 26.2 Å². The molecule has 1 aliphatic heterocycles.